The number of carbonyl (C=O) groups excluding carboxylic acids is 1. The maximum Gasteiger partial charge on any atom is 0.322 e. The lowest BCUT2D eigenvalue weighted by Gasteiger charge is -2.35. The Labute approximate surface area is 118 Å². The van der Waals surface area contributed by atoms with Crippen LogP contribution in [0.1, 0.15) is 13.8 Å². The van der Waals surface area contributed by atoms with Crippen LogP contribution >= 0.6 is 0 Å². The number of hydrogen-bond acceptors (Lipinski definition) is 2. The molecular weight excluding hydrogens is 257 g/mol. The van der Waals surface area contributed by atoms with Crippen LogP contribution in [-0.4, -0.2) is 36.1 Å². The van der Waals surface area contributed by atoms with Crippen LogP contribution in [0.4, 0.5) is 14.9 Å². The van der Waals surface area contributed by atoms with Gasteiger partial charge in [-0.15, -0.1) is 0 Å². The summed E-state index contributed by atoms with van der Waals surface area (Å²) in [6, 6.07) is 5.86. The Morgan fingerprint density at radius 2 is 2.25 bits per heavy atom. The highest BCUT2D eigenvalue weighted by atomic mass is 19.1. The first kappa shape index (κ1) is 13.4. The number of benzene rings is 1. The van der Waals surface area contributed by atoms with Gasteiger partial charge in [-0.05, 0) is 43.9 Å². The van der Waals surface area contributed by atoms with Crippen LogP contribution in [0.5, 0.6) is 0 Å². The molecule has 0 bridgehead atoms. The van der Waals surface area contributed by atoms with Crippen LogP contribution < -0.4 is 10.6 Å². The number of anilines is 1. The first-order chi connectivity index (χ1) is 9.48. The van der Waals surface area contributed by atoms with Gasteiger partial charge in [0.1, 0.15) is 5.82 Å². The van der Waals surface area contributed by atoms with E-state index >= 15 is 0 Å². The number of hydrogen-bond donors (Lipinski definition) is 2. The molecule has 0 spiro atoms. The molecule has 5 heteroatoms. The lowest BCUT2D eigenvalue weighted by Crippen LogP contribution is -2.49. The van der Waals surface area contributed by atoms with E-state index in [0.717, 1.165) is 19.6 Å². The number of rotatable bonds is 1. The summed E-state index contributed by atoms with van der Waals surface area (Å²) in [5, 5.41) is 6.18. The van der Waals surface area contributed by atoms with Crippen molar-refractivity contribution in [2.24, 2.45) is 11.8 Å². The summed E-state index contributed by atoms with van der Waals surface area (Å²) in [6.45, 7) is 6.90. The zero-order valence-corrected chi connectivity index (χ0v) is 11.8. The minimum Gasteiger partial charge on any atom is -0.319 e. The van der Waals surface area contributed by atoms with Crippen molar-refractivity contribution in [3.63, 3.8) is 0 Å². The quantitative estimate of drug-likeness (QED) is 0.827. The molecule has 2 fully saturated rings. The second-order valence-electron chi connectivity index (χ2n) is 6.23. The molecule has 0 saturated carbocycles. The molecule has 108 valence electrons. The SMILES string of the molecule is CC1(C)C2CNCC2CN1C(=O)Nc1cccc(F)c1. The van der Waals surface area contributed by atoms with Crippen LogP contribution in [0.2, 0.25) is 0 Å². The van der Waals surface area contributed by atoms with Gasteiger partial charge in [-0.2, -0.15) is 0 Å². The highest BCUT2D eigenvalue weighted by molar-refractivity contribution is 5.90. The third-order valence-corrected chi connectivity index (χ3v) is 4.68. The van der Waals surface area contributed by atoms with Crippen molar-refractivity contribution in [3.8, 4) is 0 Å². The largest absolute Gasteiger partial charge is 0.322 e. The molecule has 2 amide bonds. The van der Waals surface area contributed by atoms with E-state index in [2.05, 4.69) is 24.5 Å². The molecule has 2 heterocycles. The minimum atomic E-state index is -0.343. The summed E-state index contributed by atoms with van der Waals surface area (Å²) in [4.78, 5) is 14.3. The predicted octanol–water partition coefficient (Wildman–Crippen LogP) is 2.29. The zero-order chi connectivity index (χ0) is 14.3. The zero-order valence-electron chi connectivity index (χ0n) is 11.8. The summed E-state index contributed by atoms with van der Waals surface area (Å²) in [5.74, 6) is 0.661. The topological polar surface area (TPSA) is 44.4 Å². The summed E-state index contributed by atoms with van der Waals surface area (Å²) in [6.07, 6.45) is 0. The third-order valence-electron chi connectivity index (χ3n) is 4.68. The number of amides is 2. The first-order valence-electron chi connectivity index (χ1n) is 7.03. The standard InChI is InChI=1S/C15H20FN3O/c1-15(2)13-8-17-7-10(13)9-19(15)14(20)18-12-5-3-4-11(16)6-12/h3-6,10,13,17H,7-9H2,1-2H3,(H,18,20). The van der Waals surface area contributed by atoms with Gasteiger partial charge in [0.05, 0.1) is 0 Å². The molecule has 2 saturated heterocycles. The van der Waals surface area contributed by atoms with Gasteiger partial charge in [-0.3, -0.25) is 0 Å². The Morgan fingerprint density at radius 1 is 1.45 bits per heavy atom. The fraction of sp³-hybridized carbons (Fsp3) is 0.533. The number of nitrogens with one attached hydrogen (secondary N) is 2. The van der Waals surface area contributed by atoms with E-state index in [9.17, 15) is 9.18 Å². The molecular formula is C15H20FN3O. The molecule has 0 radical (unpaired) electrons. The fourth-order valence-corrected chi connectivity index (χ4v) is 3.52. The highest BCUT2D eigenvalue weighted by Crippen LogP contribution is 2.40. The van der Waals surface area contributed by atoms with E-state index in [4.69, 9.17) is 0 Å². The number of likely N-dealkylation sites (tertiary alicyclic amines) is 1. The Kier molecular flexibility index (Phi) is 3.17. The molecule has 2 unspecified atom stereocenters. The van der Waals surface area contributed by atoms with Crippen molar-refractivity contribution in [1.29, 1.82) is 0 Å². The van der Waals surface area contributed by atoms with Gasteiger partial charge in [0.25, 0.3) is 0 Å². The lowest BCUT2D eigenvalue weighted by atomic mass is 9.85. The molecule has 3 rings (SSSR count). The van der Waals surface area contributed by atoms with Crippen molar-refractivity contribution >= 4 is 11.7 Å². The van der Waals surface area contributed by atoms with Gasteiger partial charge in [0.2, 0.25) is 0 Å². The molecule has 4 nitrogen and oxygen atoms in total. The Hall–Kier alpha value is -1.62. The number of urea groups is 1. The van der Waals surface area contributed by atoms with Gasteiger partial charge < -0.3 is 15.5 Å². The second-order valence-corrected chi connectivity index (χ2v) is 6.23. The van der Waals surface area contributed by atoms with E-state index in [-0.39, 0.29) is 17.4 Å². The van der Waals surface area contributed by atoms with E-state index in [1.165, 1.54) is 12.1 Å². The number of nitrogens with zero attached hydrogens (tertiary/aromatic N) is 1. The van der Waals surface area contributed by atoms with Crippen LogP contribution in [0, 0.1) is 17.7 Å². The predicted molar refractivity (Wildman–Crippen MR) is 76.1 cm³/mol. The summed E-state index contributed by atoms with van der Waals surface area (Å²) in [7, 11) is 0. The Balaban J connectivity index is 1.75. The van der Waals surface area contributed by atoms with Gasteiger partial charge >= 0.3 is 6.03 Å². The van der Waals surface area contributed by atoms with Crippen molar-refractivity contribution in [3.05, 3.63) is 30.1 Å². The molecule has 20 heavy (non-hydrogen) atoms. The molecule has 2 atom stereocenters. The van der Waals surface area contributed by atoms with Crippen LogP contribution in [-0.2, 0) is 0 Å². The number of halogens is 1. The van der Waals surface area contributed by atoms with E-state index in [0.29, 0.717) is 17.5 Å². The molecule has 2 aliphatic heterocycles. The van der Waals surface area contributed by atoms with Crippen molar-refractivity contribution in [1.82, 2.24) is 10.2 Å². The second kappa shape index (κ2) is 4.74. The van der Waals surface area contributed by atoms with Crippen LogP contribution in [0.25, 0.3) is 0 Å². The average Bonchev–Trinajstić information content (AvgIpc) is 2.92. The molecule has 1 aromatic rings. The van der Waals surface area contributed by atoms with Gasteiger partial charge in [0.15, 0.2) is 0 Å². The first-order valence-corrected chi connectivity index (χ1v) is 7.03. The summed E-state index contributed by atoms with van der Waals surface area (Å²) < 4.78 is 13.2. The Bertz CT molecular complexity index is 532. The van der Waals surface area contributed by atoms with Crippen molar-refractivity contribution in [2.75, 3.05) is 25.0 Å². The van der Waals surface area contributed by atoms with E-state index in [1.54, 1.807) is 12.1 Å². The van der Waals surface area contributed by atoms with Crippen molar-refractivity contribution in [2.45, 2.75) is 19.4 Å². The van der Waals surface area contributed by atoms with Crippen molar-refractivity contribution < 1.29 is 9.18 Å². The van der Waals surface area contributed by atoms with E-state index < -0.39 is 0 Å². The average molecular weight is 277 g/mol. The normalized spacial score (nSPS) is 27.4. The lowest BCUT2D eigenvalue weighted by molar-refractivity contribution is 0.157. The number of carbonyl (C=O) groups is 1. The summed E-state index contributed by atoms with van der Waals surface area (Å²) in [5.41, 5.74) is 0.326. The molecule has 2 aliphatic rings. The van der Waals surface area contributed by atoms with E-state index in [1.807, 2.05) is 4.90 Å². The molecule has 1 aromatic carbocycles. The highest BCUT2D eigenvalue weighted by Gasteiger charge is 2.51. The van der Waals surface area contributed by atoms with Gasteiger partial charge in [-0.25, -0.2) is 9.18 Å². The minimum absolute atomic E-state index is 0.144. The third kappa shape index (κ3) is 2.16. The molecule has 0 aromatic heterocycles. The monoisotopic (exact) mass is 277 g/mol. The molecule has 0 aliphatic carbocycles. The maximum atomic E-state index is 13.2. The maximum absolute atomic E-state index is 13.2. The van der Waals surface area contributed by atoms with Gasteiger partial charge in [-0.1, -0.05) is 6.07 Å². The Morgan fingerprint density at radius 3 is 2.95 bits per heavy atom. The molecule has 2 N–H and O–H groups in total. The fourth-order valence-electron chi connectivity index (χ4n) is 3.52. The van der Waals surface area contributed by atoms with Gasteiger partial charge in [0, 0.05) is 30.9 Å². The smallest absolute Gasteiger partial charge is 0.319 e. The van der Waals surface area contributed by atoms with Crippen LogP contribution in [0.3, 0.4) is 0 Å². The van der Waals surface area contributed by atoms with Crippen LogP contribution in [0.15, 0.2) is 24.3 Å². The summed E-state index contributed by atoms with van der Waals surface area (Å²) >= 11 is 0. The number of fused-ring (bicyclic) bond motifs is 1.